The molecule has 0 bridgehead atoms. The van der Waals surface area contributed by atoms with E-state index in [1.54, 1.807) is 30.3 Å². The Morgan fingerprint density at radius 1 is 1.50 bits per heavy atom. The molecule has 1 heterocycles. The summed E-state index contributed by atoms with van der Waals surface area (Å²) in [6.07, 6.45) is 1.25. The Labute approximate surface area is 116 Å². The van der Waals surface area contributed by atoms with Crippen LogP contribution >= 0.6 is 0 Å². The van der Waals surface area contributed by atoms with Gasteiger partial charge >= 0.3 is 10.2 Å². The number of halogens is 1. The number of hydrogen-bond acceptors (Lipinski definition) is 4. The summed E-state index contributed by atoms with van der Waals surface area (Å²) in [6, 6.07) is 6.63. The Kier molecular flexibility index (Phi) is 4.08. The SMILES string of the molecule is C=CCOc1cccc(N2CC(S(=O)(=O)F)CC2=O)c1. The summed E-state index contributed by atoms with van der Waals surface area (Å²) in [4.78, 5) is 13.0. The summed E-state index contributed by atoms with van der Waals surface area (Å²) >= 11 is 0. The number of carbonyl (C=O) groups excluding carboxylic acids is 1. The topological polar surface area (TPSA) is 63.7 Å². The Balaban J connectivity index is 2.19. The summed E-state index contributed by atoms with van der Waals surface area (Å²) < 4.78 is 40.1. The van der Waals surface area contributed by atoms with Crippen molar-refractivity contribution in [2.24, 2.45) is 0 Å². The molecule has 0 spiro atoms. The molecule has 0 aliphatic carbocycles. The van der Waals surface area contributed by atoms with E-state index >= 15 is 0 Å². The van der Waals surface area contributed by atoms with Gasteiger partial charge in [-0.15, -0.1) is 3.89 Å². The van der Waals surface area contributed by atoms with Crippen molar-refractivity contribution in [3.05, 3.63) is 36.9 Å². The molecule has 1 saturated heterocycles. The molecule has 1 aliphatic heterocycles. The van der Waals surface area contributed by atoms with Gasteiger partial charge in [-0.05, 0) is 12.1 Å². The first-order valence-electron chi connectivity index (χ1n) is 5.99. The maximum absolute atomic E-state index is 13.0. The molecule has 108 valence electrons. The molecule has 20 heavy (non-hydrogen) atoms. The number of carbonyl (C=O) groups is 1. The lowest BCUT2D eigenvalue weighted by Crippen LogP contribution is -2.26. The van der Waals surface area contributed by atoms with E-state index in [-0.39, 0.29) is 13.0 Å². The quantitative estimate of drug-likeness (QED) is 0.612. The average molecular weight is 299 g/mol. The lowest BCUT2D eigenvalue weighted by molar-refractivity contribution is -0.117. The second-order valence-corrected chi connectivity index (χ2v) is 6.02. The van der Waals surface area contributed by atoms with Gasteiger partial charge in [0.2, 0.25) is 5.91 Å². The van der Waals surface area contributed by atoms with Crippen LogP contribution in [0.2, 0.25) is 0 Å². The van der Waals surface area contributed by atoms with Gasteiger partial charge in [0.05, 0.1) is 0 Å². The fourth-order valence-electron chi connectivity index (χ4n) is 2.01. The van der Waals surface area contributed by atoms with Gasteiger partial charge in [-0.1, -0.05) is 18.7 Å². The summed E-state index contributed by atoms with van der Waals surface area (Å²) in [6.45, 7) is 3.67. The average Bonchev–Trinajstić information content (AvgIpc) is 2.79. The zero-order valence-corrected chi connectivity index (χ0v) is 11.5. The molecular formula is C13H14FNO4S. The van der Waals surface area contributed by atoms with Crippen molar-refractivity contribution in [1.82, 2.24) is 0 Å². The number of ether oxygens (including phenoxy) is 1. The van der Waals surface area contributed by atoms with Crippen LogP contribution in [0.4, 0.5) is 9.57 Å². The number of rotatable bonds is 5. The Bertz CT molecular complexity index is 629. The van der Waals surface area contributed by atoms with Gasteiger partial charge < -0.3 is 9.64 Å². The third-order valence-corrected chi connectivity index (χ3v) is 4.10. The highest BCUT2D eigenvalue weighted by Gasteiger charge is 2.39. The summed E-state index contributed by atoms with van der Waals surface area (Å²) in [5.74, 6) is 0.110. The molecule has 0 radical (unpaired) electrons. The monoisotopic (exact) mass is 299 g/mol. The zero-order valence-electron chi connectivity index (χ0n) is 10.7. The first kappa shape index (κ1) is 14.5. The molecule has 0 aromatic heterocycles. The highest BCUT2D eigenvalue weighted by molar-refractivity contribution is 7.87. The maximum Gasteiger partial charge on any atom is 0.307 e. The zero-order chi connectivity index (χ0) is 14.8. The van der Waals surface area contributed by atoms with Crippen LogP contribution in [0.5, 0.6) is 5.75 Å². The van der Waals surface area contributed by atoms with Crippen molar-refractivity contribution < 1.29 is 21.8 Å². The highest BCUT2D eigenvalue weighted by atomic mass is 32.3. The van der Waals surface area contributed by atoms with Crippen LogP contribution in [0, 0.1) is 0 Å². The molecule has 1 atom stereocenters. The van der Waals surface area contributed by atoms with Crippen LogP contribution in [-0.4, -0.2) is 32.7 Å². The van der Waals surface area contributed by atoms with Crippen molar-refractivity contribution in [1.29, 1.82) is 0 Å². The standard InChI is InChI=1S/C13H14FNO4S/c1-2-6-19-11-5-3-4-10(7-11)15-9-12(8-13(15)16)20(14,17)18/h2-5,7,12H,1,6,8-9H2. The summed E-state index contributed by atoms with van der Waals surface area (Å²) in [5, 5.41) is -1.30. The summed E-state index contributed by atoms with van der Waals surface area (Å²) in [5.41, 5.74) is 0.489. The molecule has 7 heteroatoms. The molecular weight excluding hydrogens is 285 g/mol. The smallest absolute Gasteiger partial charge is 0.307 e. The molecule has 1 aromatic rings. The van der Waals surface area contributed by atoms with Crippen LogP contribution in [0.25, 0.3) is 0 Å². The van der Waals surface area contributed by atoms with E-state index in [1.807, 2.05) is 0 Å². The number of anilines is 1. The molecule has 1 amide bonds. The molecule has 1 aliphatic rings. The van der Waals surface area contributed by atoms with E-state index in [4.69, 9.17) is 4.74 Å². The van der Waals surface area contributed by atoms with Gasteiger partial charge in [-0.3, -0.25) is 4.79 Å². The minimum Gasteiger partial charge on any atom is -0.489 e. The Morgan fingerprint density at radius 2 is 2.25 bits per heavy atom. The van der Waals surface area contributed by atoms with Crippen LogP contribution in [-0.2, 0) is 15.0 Å². The van der Waals surface area contributed by atoms with E-state index in [0.29, 0.717) is 18.0 Å². The Morgan fingerprint density at radius 3 is 2.85 bits per heavy atom. The first-order valence-corrected chi connectivity index (χ1v) is 7.44. The van der Waals surface area contributed by atoms with Crippen LogP contribution < -0.4 is 9.64 Å². The first-order chi connectivity index (χ1) is 9.41. The van der Waals surface area contributed by atoms with Gasteiger partial charge in [0, 0.05) is 24.7 Å². The van der Waals surface area contributed by atoms with Crippen molar-refractivity contribution in [3.63, 3.8) is 0 Å². The van der Waals surface area contributed by atoms with Gasteiger partial charge in [0.15, 0.2) is 0 Å². The second-order valence-electron chi connectivity index (χ2n) is 4.40. The van der Waals surface area contributed by atoms with Gasteiger partial charge in [0.25, 0.3) is 0 Å². The fraction of sp³-hybridized carbons (Fsp3) is 0.308. The maximum atomic E-state index is 13.0. The number of amides is 1. The predicted octanol–water partition coefficient (Wildman–Crippen LogP) is 1.66. The van der Waals surface area contributed by atoms with E-state index in [1.165, 1.54) is 4.90 Å². The number of benzene rings is 1. The third-order valence-electron chi connectivity index (χ3n) is 2.98. The van der Waals surface area contributed by atoms with E-state index in [2.05, 4.69) is 6.58 Å². The van der Waals surface area contributed by atoms with Crippen LogP contribution in [0.15, 0.2) is 36.9 Å². The molecule has 0 saturated carbocycles. The van der Waals surface area contributed by atoms with Crippen molar-refractivity contribution in [3.8, 4) is 5.75 Å². The lowest BCUT2D eigenvalue weighted by Gasteiger charge is -2.17. The molecule has 1 fully saturated rings. The van der Waals surface area contributed by atoms with Crippen molar-refractivity contribution in [2.45, 2.75) is 11.7 Å². The number of hydrogen-bond donors (Lipinski definition) is 0. The van der Waals surface area contributed by atoms with Crippen LogP contribution in [0.1, 0.15) is 6.42 Å². The molecule has 5 nitrogen and oxygen atoms in total. The van der Waals surface area contributed by atoms with E-state index < -0.39 is 21.4 Å². The lowest BCUT2D eigenvalue weighted by atomic mass is 10.3. The molecule has 1 unspecified atom stereocenters. The minimum atomic E-state index is -4.71. The normalized spacial score (nSPS) is 19.1. The molecule has 1 aromatic carbocycles. The molecule has 0 N–H and O–H groups in total. The van der Waals surface area contributed by atoms with Crippen molar-refractivity contribution in [2.75, 3.05) is 18.1 Å². The third kappa shape index (κ3) is 3.16. The van der Waals surface area contributed by atoms with Crippen LogP contribution in [0.3, 0.4) is 0 Å². The largest absolute Gasteiger partial charge is 0.489 e. The fourth-order valence-corrected chi connectivity index (χ4v) is 2.68. The van der Waals surface area contributed by atoms with Gasteiger partial charge in [-0.25, -0.2) is 0 Å². The highest BCUT2D eigenvalue weighted by Crippen LogP contribution is 2.28. The summed E-state index contributed by atoms with van der Waals surface area (Å²) in [7, 11) is -4.71. The van der Waals surface area contributed by atoms with Gasteiger partial charge in [0.1, 0.15) is 17.6 Å². The van der Waals surface area contributed by atoms with E-state index in [9.17, 15) is 17.1 Å². The Hall–Kier alpha value is -1.89. The molecule has 2 rings (SSSR count). The second kappa shape index (κ2) is 5.62. The van der Waals surface area contributed by atoms with Crippen molar-refractivity contribution >= 4 is 21.8 Å². The predicted molar refractivity (Wildman–Crippen MR) is 72.9 cm³/mol. The minimum absolute atomic E-state index is 0.178. The van der Waals surface area contributed by atoms with Gasteiger partial charge in [-0.2, -0.15) is 8.42 Å². The number of nitrogens with zero attached hydrogens (tertiary/aromatic N) is 1. The van der Waals surface area contributed by atoms with E-state index in [0.717, 1.165) is 0 Å².